The van der Waals surface area contributed by atoms with E-state index < -0.39 is 8.07 Å². The van der Waals surface area contributed by atoms with E-state index in [0.29, 0.717) is 6.73 Å². The lowest BCUT2D eigenvalue weighted by Gasteiger charge is -2.17. The normalized spacial score (nSPS) is 12.4. The molecule has 0 aliphatic carbocycles. The van der Waals surface area contributed by atoms with Gasteiger partial charge in [-0.3, -0.25) is 0 Å². The Kier molecular flexibility index (Phi) is 4.99. The lowest BCUT2D eigenvalue weighted by atomic mass is 9.96. The van der Waals surface area contributed by atoms with Crippen LogP contribution in [-0.2, 0) is 11.5 Å². The molecule has 1 aromatic heterocycles. The Balaban J connectivity index is 1.83. The van der Waals surface area contributed by atoms with E-state index in [1.807, 2.05) is 0 Å². The van der Waals surface area contributed by atoms with Crippen molar-refractivity contribution in [3.05, 3.63) is 66.7 Å². The zero-order chi connectivity index (χ0) is 21.6. The number of ether oxygens (including phenoxy) is 2. The number of nitrogens with zero attached hydrogens (tertiary/aromatic N) is 1. The van der Waals surface area contributed by atoms with Crippen molar-refractivity contribution in [1.29, 1.82) is 0 Å². The molecule has 0 saturated carbocycles. The molecular formula is C27H29NO2Si. The van der Waals surface area contributed by atoms with E-state index in [0.717, 1.165) is 12.4 Å². The average Bonchev–Trinajstić information content (AvgIpc) is 3.10. The standard InChI is InChI=1S/C27H29NO2Si/c1-29-24-15-9-13-22-25(24)19-10-5-6-11-20(19)27-26(22)21-12-7-8-14-23(21)28(27)18-30-16-17-31(2,3)4/h5-15H,16-18H2,1-4H3. The van der Waals surface area contributed by atoms with Crippen LogP contribution in [0.5, 0.6) is 5.75 Å². The number of hydrogen-bond acceptors (Lipinski definition) is 2. The van der Waals surface area contributed by atoms with Crippen molar-refractivity contribution in [2.45, 2.75) is 32.4 Å². The highest BCUT2D eigenvalue weighted by Gasteiger charge is 2.19. The van der Waals surface area contributed by atoms with Gasteiger partial charge < -0.3 is 14.0 Å². The van der Waals surface area contributed by atoms with Crippen LogP contribution in [0.25, 0.3) is 43.4 Å². The largest absolute Gasteiger partial charge is 0.496 e. The highest BCUT2D eigenvalue weighted by atomic mass is 28.3. The van der Waals surface area contributed by atoms with Gasteiger partial charge in [0.1, 0.15) is 12.5 Å². The first kappa shape index (κ1) is 20.1. The molecule has 5 rings (SSSR count). The SMILES string of the molecule is COc1cccc2c1c1ccccc1c1c2c2ccccc2n1COCC[Si](C)(C)C. The molecule has 0 saturated heterocycles. The monoisotopic (exact) mass is 427 g/mol. The van der Waals surface area contributed by atoms with Gasteiger partial charge in [-0.2, -0.15) is 0 Å². The number of methoxy groups -OCH3 is 1. The number of fused-ring (bicyclic) bond motifs is 8. The molecule has 4 heteroatoms. The molecule has 0 aliphatic heterocycles. The highest BCUT2D eigenvalue weighted by Crippen LogP contribution is 2.43. The number of para-hydroxylation sites is 1. The molecule has 0 spiro atoms. The van der Waals surface area contributed by atoms with E-state index in [9.17, 15) is 0 Å². The third-order valence-electron chi connectivity index (χ3n) is 6.15. The zero-order valence-electron chi connectivity index (χ0n) is 18.7. The van der Waals surface area contributed by atoms with Crippen molar-refractivity contribution in [2.75, 3.05) is 13.7 Å². The molecule has 5 aromatic rings. The highest BCUT2D eigenvalue weighted by molar-refractivity contribution is 6.76. The van der Waals surface area contributed by atoms with E-state index in [1.165, 1.54) is 49.4 Å². The molecule has 0 aliphatic rings. The number of aromatic nitrogens is 1. The predicted molar refractivity (Wildman–Crippen MR) is 135 cm³/mol. The summed E-state index contributed by atoms with van der Waals surface area (Å²) in [5, 5.41) is 7.39. The number of rotatable bonds is 6. The van der Waals surface area contributed by atoms with Gasteiger partial charge in [-0.25, -0.2) is 0 Å². The fourth-order valence-corrected chi connectivity index (χ4v) is 5.38. The van der Waals surface area contributed by atoms with Crippen LogP contribution < -0.4 is 4.74 Å². The maximum atomic E-state index is 6.25. The minimum Gasteiger partial charge on any atom is -0.496 e. The van der Waals surface area contributed by atoms with E-state index in [4.69, 9.17) is 9.47 Å². The minimum atomic E-state index is -1.13. The molecular weight excluding hydrogens is 398 g/mol. The molecule has 0 bridgehead atoms. The summed E-state index contributed by atoms with van der Waals surface area (Å²) >= 11 is 0. The zero-order valence-corrected chi connectivity index (χ0v) is 19.7. The Labute approximate surface area is 184 Å². The van der Waals surface area contributed by atoms with Crippen molar-refractivity contribution >= 4 is 51.4 Å². The van der Waals surface area contributed by atoms with Crippen molar-refractivity contribution in [3.63, 3.8) is 0 Å². The molecule has 0 atom stereocenters. The maximum absolute atomic E-state index is 6.25. The maximum Gasteiger partial charge on any atom is 0.127 e. The third-order valence-corrected chi connectivity index (χ3v) is 7.86. The lowest BCUT2D eigenvalue weighted by molar-refractivity contribution is 0.0930. The fraction of sp³-hybridized carbons (Fsp3) is 0.259. The second-order valence-electron chi connectivity index (χ2n) is 9.45. The van der Waals surface area contributed by atoms with Crippen LogP contribution in [0.15, 0.2) is 66.7 Å². The summed E-state index contributed by atoms with van der Waals surface area (Å²) in [7, 11) is 0.628. The summed E-state index contributed by atoms with van der Waals surface area (Å²) < 4.78 is 14.4. The second kappa shape index (κ2) is 7.70. The molecule has 4 aromatic carbocycles. The number of hydrogen-bond donors (Lipinski definition) is 0. The van der Waals surface area contributed by atoms with Crippen molar-refractivity contribution in [2.24, 2.45) is 0 Å². The third kappa shape index (κ3) is 3.40. The fourth-order valence-electron chi connectivity index (χ4n) is 4.62. The molecule has 0 N–H and O–H groups in total. The van der Waals surface area contributed by atoms with Crippen molar-refractivity contribution in [1.82, 2.24) is 4.57 Å². The molecule has 0 unspecified atom stereocenters. The first-order valence-electron chi connectivity index (χ1n) is 11.0. The van der Waals surface area contributed by atoms with Gasteiger partial charge in [0.05, 0.1) is 18.1 Å². The first-order chi connectivity index (χ1) is 15.0. The molecule has 0 radical (unpaired) electrons. The first-order valence-corrected chi connectivity index (χ1v) is 14.7. The summed E-state index contributed by atoms with van der Waals surface area (Å²) in [6, 6.07) is 24.9. The van der Waals surface area contributed by atoms with Crippen LogP contribution in [0.2, 0.25) is 25.7 Å². The summed E-state index contributed by atoms with van der Waals surface area (Å²) in [4.78, 5) is 0. The summed E-state index contributed by atoms with van der Waals surface area (Å²) in [6.07, 6.45) is 0. The van der Waals surface area contributed by atoms with E-state index in [-0.39, 0.29) is 0 Å². The van der Waals surface area contributed by atoms with Gasteiger partial charge in [0.25, 0.3) is 0 Å². The Morgan fingerprint density at radius 3 is 2.16 bits per heavy atom. The van der Waals surface area contributed by atoms with Gasteiger partial charge in [-0.05, 0) is 28.9 Å². The molecule has 1 heterocycles. The van der Waals surface area contributed by atoms with Crippen LogP contribution >= 0.6 is 0 Å². The smallest absolute Gasteiger partial charge is 0.127 e. The van der Waals surface area contributed by atoms with Crippen LogP contribution in [0.1, 0.15) is 0 Å². The second-order valence-corrected chi connectivity index (χ2v) is 15.1. The predicted octanol–water partition coefficient (Wildman–Crippen LogP) is 7.42. The van der Waals surface area contributed by atoms with Gasteiger partial charge in [-0.15, -0.1) is 0 Å². The Bertz CT molecular complexity index is 1410. The van der Waals surface area contributed by atoms with Crippen LogP contribution in [0, 0.1) is 0 Å². The number of benzene rings is 4. The van der Waals surface area contributed by atoms with Gasteiger partial charge in [-0.1, -0.05) is 74.2 Å². The van der Waals surface area contributed by atoms with E-state index in [1.54, 1.807) is 7.11 Å². The van der Waals surface area contributed by atoms with Crippen LogP contribution in [-0.4, -0.2) is 26.4 Å². The van der Waals surface area contributed by atoms with Crippen LogP contribution in [0.3, 0.4) is 0 Å². The molecule has 0 amide bonds. The summed E-state index contributed by atoms with van der Waals surface area (Å²) in [5.41, 5.74) is 2.46. The lowest BCUT2D eigenvalue weighted by Crippen LogP contribution is -2.22. The molecule has 31 heavy (non-hydrogen) atoms. The van der Waals surface area contributed by atoms with E-state index >= 15 is 0 Å². The van der Waals surface area contributed by atoms with Crippen molar-refractivity contribution < 1.29 is 9.47 Å². The Hall–Kier alpha value is -2.82. The van der Waals surface area contributed by atoms with Gasteiger partial charge in [0, 0.05) is 36.2 Å². The molecule has 3 nitrogen and oxygen atoms in total. The molecule has 0 fully saturated rings. The van der Waals surface area contributed by atoms with Gasteiger partial charge in [0.15, 0.2) is 0 Å². The quantitative estimate of drug-likeness (QED) is 0.160. The Morgan fingerprint density at radius 2 is 1.42 bits per heavy atom. The topological polar surface area (TPSA) is 23.4 Å². The summed E-state index contributed by atoms with van der Waals surface area (Å²) in [6.45, 7) is 8.55. The van der Waals surface area contributed by atoms with E-state index in [2.05, 4.69) is 90.9 Å². The average molecular weight is 428 g/mol. The van der Waals surface area contributed by atoms with Gasteiger partial charge >= 0.3 is 0 Å². The Morgan fingerprint density at radius 1 is 0.742 bits per heavy atom. The van der Waals surface area contributed by atoms with Crippen molar-refractivity contribution in [3.8, 4) is 5.75 Å². The minimum absolute atomic E-state index is 0.563. The van der Waals surface area contributed by atoms with Crippen LogP contribution in [0.4, 0.5) is 0 Å². The summed E-state index contributed by atoms with van der Waals surface area (Å²) in [5.74, 6) is 0.916. The van der Waals surface area contributed by atoms with Gasteiger partial charge in [0.2, 0.25) is 0 Å². The molecule has 158 valence electrons.